The zero-order chi connectivity index (χ0) is 7.49. The number of halogens is 2. The smallest absolute Gasteiger partial charge is 0.116 e. The van der Waals surface area contributed by atoms with E-state index >= 15 is 0 Å². The second-order valence-electron chi connectivity index (χ2n) is 2.19. The van der Waals surface area contributed by atoms with E-state index in [1.807, 2.05) is 12.5 Å². The van der Waals surface area contributed by atoms with Crippen LogP contribution in [0.2, 0.25) is 0 Å². The highest BCUT2D eigenvalue weighted by atomic mass is 35.5. The molecule has 0 bridgehead atoms. The molecule has 0 N–H and O–H groups in total. The van der Waals surface area contributed by atoms with Gasteiger partial charge in [0.2, 0.25) is 0 Å². The molecule has 0 unspecified atom stereocenters. The molecule has 0 atom stereocenters. The summed E-state index contributed by atoms with van der Waals surface area (Å²) in [4.78, 5) is -0.394. The molecule has 0 aliphatic rings. The van der Waals surface area contributed by atoms with Crippen LogP contribution in [0.3, 0.4) is 0 Å². The summed E-state index contributed by atoms with van der Waals surface area (Å²) in [6.45, 7) is 0. The maximum Gasteiger partial charge on any atom is 0.116 e. The molecule has 54 valence electrons. The molecule has 0 heterocycles. The number of nitriles is 1. The van der Waals surface area contributed by atoms with Gasteiger partial charge < -0.3 is 0 Å². The number of hydrogen-bond acceptors (Lipinski definition) is 1. The van der Waals surface area contributed by atoms with Crippen LogP contribution in [-0.4, -0.2) is 23.1 Å². The fourth-order valence-electron chi connectivity index (χ4n) is 0.352. The first-order valence-corrected chi connectivity index (χ1v) is 5.87. The number of nitrogens with zero attached hydrogens (tertiary/aromatic N) is 1. The van der Waals surface area contributed by atoms with Crippen LogP contribution in [-0.2, 0) is 0 Å². The quantitative estimate of drug-likeness (QED) is 0.479. The number of hydrogen-bond donors (Lipinski definition) is 0. The maximum atomic E-state index is 8.51. The molecule has 0 amide bonds. The van der Waals surface area contributed by atoms with Gasteiger partial charge in [-0.2, -0.15) is 15.3 Å². The zero-order valence-corrected chi connectivity index (χ0v) is 7.72. The third kappa shape index (κ3) is 4.90. The van der Waals surface area contributed by atoms with Crippen molar-refractivity contribution in [3.63, 3.8) is 0 Å². The van der Waals surface area contributed by atoms with Gasteiger partial charge in [-0.3, -0.25) is 0 Å². The highest BCUT2D eigenvalue weighted by Gasteiger charge is 2.13. The largest absolute Gasteiger partial charge is 0.187 e. The van der Waals surface area contributed by atoms with Crippen LogP contribution in [0.5, 0.6) is 0 Å². The first-order chi connectivity index (χ1) is 3.98. The Morgan fingerprint density at radius 1 is 1.56 bits per heavy atom. The van der Waals surface area contributed by atoms with Crippen LogP contribution in [0.25, 0.3) is 0 Å². The SMILES string of the molecule is CS(C)(C#N)CC(Cl)Cl. The Hall–Kier alpha value is 0.420. The van der Waals surface area contributed by atoms with E-state index in [0.717, 1.165) is 0 Å². The Morgan fingerprint density at radius 2 is 2.00 bits per heavy atom. The molecule has 0 aliphatic carbocycles. The first kappa shape index (κ1) is 9.42. The highest BCUT2D eigenvalue weighted by Crippen LogP contribution is 2.40. The molecule has 0 aromatic carbocycles. The molecule has 4 heteroatoms. The fourth-order valence-corrected chi connectivity index (χ4v) is 2.95. The Kier molecular flexibility index (Phi) is 3.72. The van der Waals surface area contributed by atoms with Crippen molar-refractivity contribution in [1.29, 1.82) is 5.26 Å². The van der Waals surface area contributed by atoms with Crippen LogP contribution < -0.4 is 0 Å². The molecule has 1 nitrogen and oxygen atoms in total. The lowest BCUT2D eigenvalue weighted by atomic mass is 10.9. The standard InChI is InChI=1S/C5H9Cl2NS/c1-9(2,4-8)3-5(6)7/h5H,3H2,1-2H3. The van der Waals surface area contributed by atoms with E-state index in [4.69, 9.17) is 28.5 Å². The normalized spacial score (nSPS) is 13.3. The van der Waals surface area contributed by atoms with Gasteiger partial charge in [0.15, 0.2) is 0 Å². The maximum absolute atomic E-state index is 8.51. The van der Waals surface area contributed by atoms with Gasteiger partial charge >= 0.3 is 0 Å². The molecule has 0 saturated carbocycles. The van der Waals surface area contributed by atoms with Crippen LogP contribution in [0, 0.1) is 10.7 Å². The molecule has 0 aliphatic heterocycles. The third-order valence-electron chi connectivity index (χ3n) is 0.790. The van der Waals surface area contributed by atoms with Crippen molar-refractivity contribution in [2.24, 2.45) is 0 Å². The lowest BCUT2D eigenvalue weighted by Gasteiger charge is -2.20. The Morgan fingerprint density at radius 3 is 2.11 bits per heavy atom. The van der Waals surface area contributed by atoms with Gasteiger partial charge in [0.25, 0.3) is 0 Å². The van der Waals surface area contributed by atoms with E-state index in [1.54, 1.807) is 0 Å². The molecule has 0 radical (unpaired) electrons. The van der Waals surface area contributed by atoms with Crippen molar-refractivity contribution < 1.29 is 0 Å². The summed E-state index contributed by atoms with van der Waals surface area (Å²) in [5, 5.41) is 10.7. The van der Waals surface area contributed by atoms with Crippen molar-refractivity contribution in [2.75, 3.05) is 18.3 Å². The second-order valence-corrected chi connectivity index (χ2v) is 7.06. The summed E-state index contributed by atoms with van der Waals surface area (Å²) >= 11 is 11.0. The van der Waals surface area contributed by atoms with Crippen molar-refractivity contribution >= 4 is 33.2 Å². The monoisotopic (exact) mass is 185 g/mol. The lowest BCUT2D eigenvalue weighted by molar-refractivity contribution is 1.39. The lowest BCUT2D eigenvalue weighted by Crippen LogP contribution is -2.04. The fraction of sp³-hybridized carbons (Fsp3) is 0.800. The van der Waals surface area contributed by atoms with Gasteiger partial charge in [-0.05, 0) is 12.5 Å². The Bertz CT molecular complexity index is 127. The number of rotatable bonds is 2. The topological polar surface area (TPSA) is 23.8 Å². The van der Waals surface area contributed by atoms with Gasteiger partial charge in [-0.1, -0.05) is 0 Å². The molecule has 0 aromatic rings. The van der Waals surface area contributed by atoms with Crippen molar-refractivity contribution in [3.8, 4) is 5.40 Å². The average Bonchev–Trinajstić information content (AvgIpc) is 1.63. The molecule has 0 fully saturated rings. The van der Waals surface area contributed by atoms with E-state index in [1.165, 1.54) is 0 Å². The Balaban J connectivity index is 3.76. The predicted octanol–water partition coefficient (Wildman–Crippen LogP) is 2.34. The van der Waals surface area contributed by atoms with Crippen molar-refractivity contribution in [3.05, 3.63) is 0 Å². The molecule has 0 saturated heterocycles. The zero-order valence-electron chi connectivity index (χ0n) is 5.40. The highest BCUT2D eigenvalue weighted by molar-refractivity contribution is 8.36. The van der Waals surface area contributed by atoms with Crippen molar-refractivity contribution in [1.82, 2.24) is 0 Å². The molecule has 0 aromatic heterocycles. The molecular weight excluding hydrogens is 177 g/mol. The summed E-state index contributed by atoms with van der Waals surface area (Å²) in [5.41, 5.74) is 0. The Labute approximate surface area is 67.3 Å². The van der Waals surface area contributed by atoms with E-state index in [2.05, 4.69) is 5.40 Å². The van der Waals surface area contributed by atoms with Gasteiger partial charge in [-0.25, -0.2) is 0 Å². The van der Waals surface area contributed by atoms with Gasteiger partial charge in [0.05, 0.1) is 0 Å². The van der Waals surface area contributed by atoms with Crippen LogP contribution >= 0.6 is 33.2 Å². The van der Waals surface area contributed by atoms with Crippen LogP contribution in [0.15, 0.2) is 0 Å². The first-order valence-electron chi connectivity index (χ1n) is 2.38. The van der Waals surface area contributed by atoms with E-state index in [0.29, 0.717) is 5.75 Å². The minimum Gasteiger partial charge on any atom is -0.187 e. The summed E-state index contributed by atoms with van der Waals surface area (Å²) in [6.07, 6.45) is 3.79. The molecule has 9 heavy (non-hydrogen) atoms. The molecule has 0 rings (SSSR count). The number of thiocyanates is 1. The summed E-state index contributed by atoms with van der Waals surface area (Å²) in [6, 6.07) is 0. The third-order valence-corrected chi connectivity index (χ3v) is 3.13. The second kappa shape index (κ2) is 3.55. The predicted molar refractivity (Wildman–Crippen MR) is 45.4 cm³/mol. The minimum atomic E-state index is -1.18. The van der Waals surface area contributed by atoms with Crippen LogP contribution in [0.4, 0.5) is 0 Å². The van der Waals surface area contributed by atoms with Gasteiger partial charge in [0, 0.05) is 5.75 Å². The average molecular weight is 186 g/mol. The minimum absolute atomic E-state index is 0.394. The molecule has 0 spiro atoms. The van der Waals surface area contributed by atoms with E-state index in [9.17, 15) is 0 Å². The summed E-state index contributed by atoms with van der Waals surface area (Å²) in [5.74, 6) is 0.604. The van der Waals surface area contributed by atoms with E-state index < -0.39 is 14.9 Å². The summed E-state index contributed by atoms with van der Waals surface area (Å²) < 4.78 is 0. The van der Waals surface area contributed by atoms with Crippen molar-refractivity contribution in [2.45, 2.75) is 4.84 Å². The number of alkyl halides is 2. The van der Waals surface area contributed by atoms with Gasteiger partial charge in [-0.15, -0.1) is 23.2 Å². The van der Waals surface area contributed by atoms with Gasteiger partial charge in [0.1, 0.15) is 10.2 Å². The van der Waals surface area contributed by atoms with E-state index in [-0.39, 0.29) is 0 Å². The summed E-state index contributed by atoms with van der Waals surface area (Å²) in [7, 11) is -1.18. The van der Waals surface area contributed by atoms with Crippen LogP contribution in [0.1, 0.15) is 0 Å². The molecular formula is C5H9Cl2NS.